The number of thiazole rings is 1. The van der Waals surface area contributed by atoms with Gasteiger partial charge in [-0.1, -0.05) is 30.7 Å². The third-order valence-electron chi connectivity index (χ3n) is 2.89. The van der Waals surface area contributed by atoms with E-state index in [0.29, 0.717) is 6.04 Å². The quantitative estimate of drug-likeness (QED) is 0.762. The van der Waals surface area contributed by atoms with Crippen molar-refractivity contribution < 1.29 is 0 Å². The van der Waals surface area contributed by atoms with Crippen LogP contribution in [0.4, 0.5) is 0 Å². The standard InChI is InChI=1S/C15H19ClN2S2/c1-3-17-12(8-13-10-19-11(2)18-13)9-20-15-7-5-4-6-14(15)16/h4-7,10,12,17H,3,8-9H2,1-2H3. The first-order valence-corrected chi connectivity index (χ1v) is 8.95. The van der Waals surface area contributed by atoms with Crippen molar-refractivity contribution in [3.8, 4) is 0 Å². The molecule has 1 aromatic carbocycles. The molecule has 1 heterocycles. The lowest BCUT2D eigenvalue weighted by Gasteiger charge is -2.16. The minimum atomic E-state index is 0.419. The van der Waals surface area contributed by atoms with Gasteiger partial charge in [0.05, 0.1) is 15.7 Å². The van der Waals surface area contributed by atoms with Gasteiger partial charge in [0, 0.05) is 28.5 Å². The number of aryl methyl sites for hydroxylation is 1. The lowest BCUT2D eigenvalue weighted by atomic mass is 10.2. The number of nitrogens with one attached hydrogen (secondary N) is 1. The van der Waals surface area contributed by atoms with Crippen molar-refractivity contribution >= 4 is 34.7 Å². The zero-order valence-electron chi connectivity index (χ0n) is 11.7. The first kappa shape index (κ1) is 15.8. The monoisotopic (exact) mass is 326 g/mol. The Balaban J connectivity index is 1.94. The van der Waals surface area contributed by atoms with E-state index in [2.05, 4.69) is 35.6 Å². The third-order valence-corrected chi connectivity index (χ3v) is 5.39. The Morgan fingerprint density at radius 2 is 2.20 bits per heavy atom. The van der Waals surface area contributed by atoms with Crippen molar-refractivity contribution in [3.63, 3.8) is 0 Å². The number of nitrogens with zero attached hydrogens (tertiary/aromatic N) is 1. The Kier molecular flexibility index (Phi) is 6.36. The highest BCUT2D eigenvalue weighted by atomic mass is 35.5. The SMILES string of the molecule is CCNC(CSc1ccccc1Cl)Cc1csc(C)n1. The molecule has 0 saturated carbocycles. The summed E-state index contributed by atoms with van der Waals surface area (Å²) in [5.74, 6) is 0.994. The van der Waals surface area contributed by atoms with Crippen LogP contribution in [0.3, 0.4) is 0 Å². The van der Waals surface area contributed by atoms with Gasteiger partial charge in [-0.15, -0.1) is 23.1 Å². The first-order valence-electron chi connectivity index (χ1n) is 6.70. The van der Waals surface area contributed by atoms with Gasteiger partial charge in [0.15, 0.2) is 0 Å². The lowest BCUT2D eigenvalue weighted by molar-refractivity contribution is 0.567. The molecular formula is C15H19ClN2S2. The number of likely N-dealkylation sites (N-methyl/N-ethyl adjacent to an activating group) is 1. The maximum Gasteiger partial charge on any atom is 0.0897 e. The predicted molar refractivity (Wildman–Crippen MR) is 90.2 cm³/mol. The van der Waals surface area contributed by atoms with Gasteiger partial charge in [0.25, 0.3) is 0 Å². The van der Waals surface area contributed by atoms with Crippen LogP contribution in [0.2, 0.25) is 5.02 Å². The minimum absolute atomic E-state index is 0.419. The number of aromatic nitrogens is 1. The van der Waals surface area contributed by atoms with Crippen LogP contribution in [0.1, 0.15) is 17.6 Å². The van der Waals surface area contributed by atoms with E-state index in [1.54, 1.807) is 23.1 Å². The van der Waals surface area contributed by atoms with Crippen LogP contribution >= 0.6 is 34.7 Å². The summed E-state index contributed by atoms with van der Waals surface area (Å²) in [6, 6.07) is 8.42. The Morgan fingerprint density at radius 3 is 2.85 bits per heavy atom. The fourth-order valence-corrected chi connectivity index (χ4v) is 3.91. The van der Waals surface area contributed by atoms with Gasteiger partial charge < -0.3 is 5.32 Å². The number of benzene rings is 1. The normalized spacial score (nSPS) is 12.6. The van der Waals surface area contributed by atoms with Crippen LogP contribution in [0.25, 0.3) is 0 Å². The molecule has 0 saturated heterocycles. The molecule has 0 fully saturated rings. The highest BCUT2D eigenvalue weighted by Gasteiger charge is 2.12. The van der Waals surface area contributed by atoms with Crippen LogP contribution in [0, 0.1) is 6.92 Å². The van der Waals surface area contributed by atoms with Crippen molar-refractivity contribution in [2.24, 2.45) is 0 Å². The maximum absolute atomic E-state index is 6.20. The van der Waals surface area contributed by atoms with Crippen molar-refractivity contribution in [2.45, 2.75) is 31.2 Å². The third kappa shape index (κ3) is 4.77. The van der Waals surface area contributed by atoms with Crippen LogP contribution in [-0.4, -0.2) is 23.3 Å². The summed E-state index contributed by atoms with van der Waals surface area (Å²) in [6.07, 6.45) is 0.968. The summed E-state index contributed by atoms with van der Waals surface area (Å²) in [7, 11) is 0. The topological polar surface area (TPSA) is 24.9 Å². The second-order valence-electron chi connectivity index (χ2n) is 4.56. The second-order valence-corrected chi connectivity index (χ2v) is 7.09. The van der Waals surface area contributed by atoms with Crippen LogP contribution in [0.15, 0.2) is 34.5 Å². The fraction of sp³-hybridized carbons (Fsp3) is 0.400. The highest BCUT2D eigenvalue weighted by molar-refractivity contribution is 7.99. The predicted octanol–water partition coefficient (Wildman–Crippen LogP) is 4.42. The summed E-state index contributed by atoms with van der Waals surface area (Å²) in [4.78, 5) is 5.69. The Bertz CT molecular complexity index is 542. The van der Waals surface area contributed by atoms with Gasteiger partial charge in [-0.25, -0.2) is 4.98 Å². The molecule has 20 heavy (non-hydrogen) atoms. The molecule has 1 N–H and O–H groups in total. The Morgan fingerprint density at radius 1 is 1.40 bits per heavy atom. The molecule has 5 heteroatoms. The smallest absolute Gasteiger partial charge is 0.0897 e. The highest BCUT2D eigenvalue weighted by Crippen LogP contribution is 2.27. The molecular weight excluding hydrogens is 308 g/mol. The largest absolute Gasteiger partial charge is 0.313 e. The second kappa shape index (κ2) is 8.03. The van der Waals surface area contributed by atoms with E-state index < -0.39 is 0 Å². The summed E-state index contributed by atoms with van der Waals surface area (Å²) in [6.45, 7) is 5.16. The van der Waals surface area contributed by atoms with Gasteiger partial charge in [-0.3, -0.25) is 0 Å². The fourth-order valence-electron chi connectivity index (χ4n) is 1.99. The van der Waals surface area contributed by atoms with E-state index in [-0.39, 0.29) is 0 Å². The lowest BCUT2D eigenvalue weighted by Crippen LogP contribution is -2.33. The molecule has 0 bridgehead atoms. The minimum Gasteiger partial charge on any atom is -0.313 e. The molecule has 1 aromatic heterocycles. The van der Waals surface area contributed by atoms with Gasteiger partial charge in [-0.05, 0) is 25.6 Å². The molecule has 0 aliphatic carbocycles. The molecule has 0 radical (unpaired) electrons. The van der Waals surface area contributed by atoms with E-state index in [1.807, 2.05) is 18.2 Å². The van der Waals surface area contributed by atoms with E-state index in [0.717, 1.165) is 33.6 Å². The van der Waals surface area contributed by atoms with E-state index in [1.165, 1.54) is 5.69 Å². The summed E-state index contributed by atoms with van der Waals surface area (Å²) < 4.78 is 0. The molecule has 2 aromatic rings. The zero-order chi connectivity index (χ0) is 14.4. The average molecular weight is 327 g/mol. The molecule has 2 rings (SSSR count). The van der Waals surface area contributed by atoms with Crippen LogP contribution < -0.4 is 5.32 Å². The van der Waals surface area contributed by atoms with Gasteiger partial charge in [0.1, 0.15) is 0 Å². The zero-order valence-corrected chi connectivity index (χ0v) is 14.1. The van der Waals surface area contributed by atoms with Gasteiger partial charge >= 0.3 is 0 Å². The van der Waals surface area contributed by atoms with E-state index in [9.17, 15) is 0 Å². The van der Waals surface area contributed by atoms with Crippen molar-refractivity contribution in [2.75, 3.05) is 12.3 Å². The molecule has 0 aliphatic rings. The van der Waals surface area contributed by atoms with Gasteiger partial charge in [-0.2, -0.15) is 0 Å². The number of rotatable bonds is 7. The summed E-state index contributed by atoms with van der Waals surface area (Å²) >= 11 is 9.71. The van der Waals surface area contributed by atoms with E-state index >= 15 is 0 Å². The van der Waals surface area contributed by atoms with Crippen molar-refractivity contribution in [1.82, 2.24) is 10.3 Å². The van der Waals surface area contributed by atoms with Crippen molar-refractivity contribution in [1.29, 1.82) is 0 Å². The molecule has 0 amide bonds. The molecule has 2 nitrogen and oxygen atoms in total. The number of hydrogen-bond donors (Lipinski definition) is 1. The van der Waals surface area contributed by atoms with Crippen molar-refractivity contribution in [3.05, 3.63) is 45.4 Å². The average Bonchev–Trinajstić information content (AvgIpc) is 2.83. The molecule has 1 unspecified atom stereocenters. The first-order chi connectivity index (χ1) is 9.69. The Labute approximate surface area is 134 Å². The van der Waals surface area contributed by atoms with E-state index in [4.69, 9.17) is 11.6 Å². The molecule has 0 spiro atoms. The summed E-state index contributed by atoms with van der Waals surface area (Å²) in [5.41, 5.74) is 1.18. The van der Waals surface area contributed by atoms with Gasteiger partial charge in [0.2, 0.25) is 0 Å². The molecule has 1 atom stereocenters. The summed E-state index contributed by atoms with van der Waals surface area (Å²) in [5, 5.41) is 7.65. The number of thioether (sulfide) groups is 1. The molecule has 108 valence electrons. The van der Waals surface area contributed by atoms with Crippen LogP contribution in [-0.2, 0) is 6.42 Å². The molecule has 0 aliphatic heterocycles. The number of hydrogen-bond acceptors (Lipinski definition) is 4. The maximum atomic E-state index is 6.20. The number of halogens is 1. The Hall–Kier alpha value is -0.550. The van der Waals surface area contributed by atoms with Crippen LogP contribution in [0.5, 0.6) is 0 Å².